The maximum atomic E-state index is 12.4. The third-order valence-corrected chi connectivity index (χ3v) is 4.94. The van der Waals surface area contributed by atoms with E-state index in [1.165, 1.54) is 41.4 Å². The number of nitrogens with one attached hydrogen (secondary N) is 1. The summed E-state index contributed by atoms with van der Waals surface area (Å²) in [7, 11) is -3.81. The average Bonchev–Trinajstić information content (AvgIpc) is 2.89. The first kappa shape index (κ1) is 16.5. The summed E-state index contributed by atoms with van der Waals surface area (Å²) >= 11 is 0. The molecule has 1 amide bonds. The molecule has 0 saturated carbocycles. The van der Waals surface area contributed by atoms with Crippen LogP contribution in [0.3, 0.4) is 0 Å². The van der Waals surface area contributed by atoms with E-state index in [4.69, 9.17) is 11.0 Å². The minimum absolute atomic E-state index is 0.0107. The van der Waals surface area contributed by atoms with E-state index in [0.29, 0.717) is 5.69 Å². The Balaban J connectivity index is 1.87. The van der Waals surface area contributed by atoms with E-state index in [1.54, 1.807) is 12.1 Å². The maximum absolute atomic E-state index is 12.4. The molecule has 0 unspecified atom stereocenters. The molecule has 0 atom stereocenters. The van der Waals surface area contributed by atoms with Gasteiger partial charge in [-0.2, -0.15) is 5.26 Å². The Bertz CT molecular complexity index is 992. The van der Waals surface area contributed by atoms with Gasteiger partial charge in [-0.3, -0.25) is 14.4 Å². The summed E-state index contributed by atoms with van der Waals surface area (Å²) in [5.74, 6) is -0.0712. The van der Waals surface area contributed by atoms with Crippen LogP contribution in [0.2, 0.25) is 0 Å². The van der Waals surface area contributed by atoms with Crippen molar-refractivity contribution in [1.82, 2.24) is 4.98 Å². The van der Waals surface area contributed by atoms with E-state index in [-0.39, 0.29) is 34.4 Å². The molecule has 1 aliphatic heterocycles. The summed E-state index contributed by atoms with van der Waals surface area (Å²) in [5.41, 5.74) is 6.39. The first-order valence-electron chi connectivity index (χ1n) is 7.18. The molecule has 2 heterocycles. The van der Waals surface area contributed by atoms with Crippen molar-refractivity contribution in [2.75, 3.05) is 9.62 Å². The van der Waals surface area contributed by atoms with Crippen molar-refractivity contribution < 1.29 is 13.2 Å². The minimum atomic E-state index is -3.81. The van der Waals surface area contributed by atoms with Gasteiger partial charge in [0.2, 0.25) is 5.91 Å². The minimum Gasteiger partial charge on any atom is -0.384 e. The number of aromatic nitrogens is 1. The third kappa shape index (κ3) is 3.15. The van der Waals surface area contributed by atoms with Crippen molar-refractivity contribution >= 4 is 27.4 Å². The number of hydrogen-bond donors (Lipinski definition) is 2. The smallest absolute Gasteiger partial charge is 0.263 e. The first-order valence-corrected chi connectivity index (χ1v) is 8.66. The highest BCUT2D eigenvalue weighted by atomic mass is 32.2. The van der Waals surface area contributed by atoms with Gasteiger partial charge in [-0.15, -0.1) is 0 Å². The Kier molecular flexibility index (Phi) is 4.12. The van der Waals surface area contributed by atoms with Crippen molar-refractivity contribution in [1.29, 1.82) is 5.26 Å². The van der Waals surface area contributed by atoms with Crippen LogP contribution in [0.5, 0.6) is 0 Å². The number of amides is 1. The zero-order chi connectivity index (χ0) is 18.0. The second-order valence-corrected chi connectivity index (χ2v) is 6.88. The zero-order valence-electron chi connectivity index (χ0n) is 12.9. The largest absolute Gasteiger partial charge is 0.384 e. The second-order valence-electron chi connectivity index (χ2n) is 5.20. The highest BCUT2D eigenvalue weighted by molar-refractivity contribution is 7.92. The van der Waals surface area contributed by atoms with Crippen LogP contribution in [0.15, 0.2) is 65.0 Å². The summed E-state index contributed by atoms with van der Waals surface area (Å²) in [6, 6.07) is 12.4. The summed E-state index contributed by atoms with van der Waals surface area (Å²) in [5, 5.41) is 8.95. The van der Waals surface area contributed by atoms with Gasteiger partial charge in [-0.25, -0.2) is 13.4 Å². The number of sulfonamides is 1. The molecule has 0 radical (unpaired) electrons. The van der Waals surface area contributed by atoms with Gasteiger partial charge >= 0.3 is 0 Å². The topological polar surface area (TPSA) is 129 Å². The predicted octanol–water partition coefficient (Wildman–Crippen LogP) is 1.31. The molecule has 0 spiro atoms. The average molecular weight is 355 g/mol. The Hall–Kier alpha value is -3.38. The Morgan fingerprint density at radius 3 is 2.48 bits per heavy atom. The lowest BCUT2D eigenvalue weighted by atomic mass is 10.2. The molecule has 3 rings (SSSR count). The second kappa shape index (κ2) is 6.26. The van der Waals surface area contributed by atoms with Gasteiger partial charge in [0.05, 0.1) is 28.6 Å². The van der Waals surface area contributed by atoms with E-state index in [9.17, 15) is 13.2 Å². The normalized spacial score (nSPS) is 14.5. The molecule has 3 N–H and O–H groups in total. The summed E-state index contributed by atoms with van der Waals surface area (Å²) in [6.45, 7) is 0. The summed E-state index contributed by atoms with van der Waals surface area (Å²) in [6.07, 6.45) is 1.41. The molecule has 25 heavy (non-hydrogen) atoms. The summed E-state index contributed by atoms with van der Waals surface area (Å²) in [4.78, 5) is 17.1. The zero-order valence-corrected chi connectivity index (χ0v) is 13.7. The number of nitriles is 1. The molecule has 9 heteroatoms. The van der Waals surface area contributed by atoms with Crippen LogP contribution in [0, 0.1) is 11.3 Å². The fraction of sp³-hybridized carbons (Fsp3) is 0.0625. The molecule has 0 bridgehead atoms. The number of carbonyl (C=O) groups excluding carboxylic acids is 1. The highest BCUT2D eigenvalue weighted by Crippen LogP contribution is 2.28. The van der Waals surface area contributed by atoms with Crippen LogP contribution >= 0.6 is 0 Å². The van der Waals surface area contributed by atoms with Crippen LogP contribution in [-0.2, 0) is 14.8 Å². The number of carbonyl (C=O) groups is 1. The molecule has 1 aromatic heterocycles. The Labute approximate surface area is 144 Å². The number of anilines is 2. The molecule has 1 aromatic carbocycles. The van der Waals surface area contributed by atoms with Crippen molar-refractivity contribution in [2.24, 2.45) is 5.73 Å². The third-order valence-electron chi connectivity index (χ3n) is 3.57. The highest BCUT2D eigenvalue weighted by Gasteiger charge is 2.30. The van der Waals surface area contributed by atoms with Crippen molar-refractivity contribution in [3.63, 3.8) is 0 Å². The van der Waals surface area contributed by atoms with Gasteiger partial charge in [-0.1, -0.05) is 6.07 Å². The number of pyridine rings is 1. The molecule has 0 saturated heterocycles. The van der Waals surface area contributed by atoms with Gasteiger partial charge in [0.1, 0.15) is 11.6 Å². The lowest BCUT2D eigenvalue weighted by Gasteiger charge is -2.17. The monoisotopic (exact) mass is 355 g/mol. The van der Waals surface area contributed by atoms with Gasteiger partial charge in [0, 0.05) is 6.20 Å². The van der Waals surface area contributed by atoms with E-state index < -0.39 is 10.0 Å². The van der Waals surface area contributed by atoms with Gasteiger partial charge < -0.3 is 5.73 Å². The SMILES string of the molecule is N#CC1=C(N)N(c2ccc(S(=O)(=O)Nc3ccccn3)cc2)C(=O)C1. The lowest BCUT2D eigenvalue weighted by Crippen LogP contribution is -2.28. The Morgan fingerprint density at radius 2 is 1.92 bits per heavy atom. The van der Waals surface area contributed by atoms with Crippen LogP contribution in [0.25, 0.3) is 0 Å². The van der Waals surface area contributed by atoms with Crippen molar-refractivity contribution in [2.45, 2.75) is 11.3 Å². The van der Waals surface area contributed by atoms with Gasteiger partial charge in [-0.05, 0) is 36.4 Å². The standard InChI is InChI=1S/C16H13N5O3S/c17-10-11-9-15(22)21(16(11)18)12-4-6-13(7-5-12)25(23,24)20-14-3-1-2-8-19-14/h1-8H,9,18H2,(H,19,20). The van der Waals surface area contributed by atoms with Gasteiger partial charge in [0.15, 0.2) is 0 Å². The van der Waals surface area contributed by atoms with Gasteiger partial charge in [0.25, 0.3) is 10.0 Å². The fourth-order valence-corrected chi connectivity index (χ4v) is 3.37. The molecule has 8 nitrogen and oxygen atoms in total. The predicted molar refractivity (Wildman–Crippen MR) is 90.4 cm³/mol. The van der Waals surface area contributed by atoms with E-state index in [1.807, 2.05) is 6.07 Å². The molecule has 0 aliphatic carbocycles. The summed E-state index contributed by atoms with van der Waals surface area (Å²) < 4.78 is 27.1. The molecule has 0 fully saturated rings. The molecular formula is C16H13N5O3S. The Morgan fingerprint density at radius 1 is 1.20 bits per heavy atom. The molecule has 1 aliphatic rings. The quantitative estimate of drug-likeness (QED) is 0.851. The fourth-order valence-electron chi connectivity index (χ4n) is 2.36. The number of rotatable bonds is 4. The molecular weight excluding hydrogens is 342 g/mol. The van der Waals surface area contributed by atoms with Crippen LogP contribution < -0.4 is 15.4 Å². The van der Waals surface area contributed by atoms with Crippen molar-refractivity contribution in [3.8, 4) is 6.07 Å². The van der Waals surface area contributed by atoms with Crippen LogP contribution in [-0.4, -0.2) is 19.3 Å². The first-order chi connectivity index (χ1) is 11.9. The van der Waals surface area contributed by atoms with E-state index in [0.717, 1.165) is 0 Å². The van der Waals surface area contributed by atoms with E-state index >= 15 is 0 Å². The van der Waals surface area contributed by atoms with E-state index in [2.05, 4.69) is 9.71 Å². The number of hydrogen-bond acceptors (Lipinski definition) is 6. The molecule has 2 aromatic rings. The van der Waals surface area contributed by atoms with Crippen LogP contribution in [0.4, 0.5) is 11.5 Å². The van der Waals surface area contributed by atoms with Crippen LogP contribution in [0.1, 0.15) is 6.42 Å². The number of benzene rings is 1. The number of nitrogens with two attached hydrogens (primary N) is 1. The maximum Gasteiger partial charge on any atom is 0.263 e. The molecule has 126 valence electrons. The van der Waals surface area contributed by atoms with Crippen molar-refractivity contribution in [3.05, 3.63) is 60.1 Å². The number of nitrogens with zero attached hydrogens (tertiary/aromatic N) is 3. The lowest BCUT2D eigenvalue weighted by molar-refractivity contribution is -0.116.